The molecule has 80 valence electrons. The molecule has 5 heteroatoms. The van der Waals surface area contributed by atoms with Gasteiger partial charge in [-0.25, -0.2) is 0 Å². The molecule has 1 atom stereocenters. The van der Waals surface area contributed by atoms with Crippen molar-refractivity contribution in [3.63, 3.8) is 0 Å². The quantitative estimate of drug-likeness (QED) is 0.596. The van der Waals surface area contributed by atoms with Crippen LogP contribution in [0.5, 0.6) is 0 Å². The molecule has 0 unspecified atom stereocenters. The molecule has 0 saturated carbocycles. The minimum absolute atomic E-state index is 0.0424. The van der Waals surface area contributed by atoms with Gasteiger partial charge in [-0.3, -0.25) is 0 Å². The van der Waals surface area contributed by atoms with Gasteiger partial charge in [0.15, 0.2) is 0 Å². The number of aliphatic carboxylic acids is 1. The first-order valence-electron chi connectivity index (χ1n) is 4.27. The van der Waals surface area contributed by atoms with Crippen molar-refractivity contribution in [2.75, 3.05) is 0 Å². The Morgan fingerprint density at radius 2 is 1.73 bits per heavy atom. The molecule has 0 saturated heterocycles. The molecule has 0 radical (unpaired) electrons. The fourth-order valence-electron chi connectivity index (χ4n) is 1.11. The Bertz CT molecular complexity index is 372. The zero-order chi connectivity index (χ0) is 11.4. The van der Waals surface area contributed by atoms with Gasteiger partial charge in [-0.1, -0.05) is 24.3 Å². The normalized spacial score (nSPS) is 12.1. The maximum Gasteiger partial charge on any atom is 0.0715 e. The molecule has 0 aliphatic carbocycles. The number of benzene rings is 1. The molecular formula is C10H9NO4-2. The lowest BCUT2D eigenvalue weighted by Crippen LogP contribution is -2.43. The van der Waals surface area contributed by atoms with Crippen molar-refractivity contribution < 1.29 is 19.8 Å². The molecule has 15 heavy (non-hydrogen) atoms. The number of hydrogen-bond acceptors (Lipinski definition) is 5. The number of hydrogen-bond donors (Lipinski definition) is 1. The highest BCUT2D eigenvalue weighted by molar-refractivity contribution is 5.85. The molecule has 0 aliphatic heterocycles. The van der Waals surface area contributed by atoms with Crippen LogP contribution in [0, 0.1) is 0 Å². The first-order chi connectivity index (χ1) is 7.00. The Morgan fingerprint density at radius 3 is 2.13 bits per heavy atom. The van der Waals surface area contributed by atoms with E-state index >= 15 is 0 Å². The predicted octanol–water partition coefficient (Wildman–Crippen LogP) is -2.33. The number of carboxylic acids is 2. The van der Waals surface area contributed by atoms with Crippen LogP contribution in [0.25, 0.3) is 0 Å². The molecule has 0 heterocycles. The van der Waals surface area contributed by atoms with Crippen LogP contribution in [0.4, 0.5) is 0 Å². The molecule has 0 aliphatic rings. The Hall–Kier alpha value is -1.88. The Balaban J connectivity index is 2.72. The van der Waals surface area contributed by atoms with Crippen LogP contribution in [-0.2, 0) is 11.2 Å². The van der Waals surface area contributed by atoms with E-state index in [1.165, 1.54) is 24.3 Å². The lowest BCUT2D eigenvalue weighted by molar-refractivity contribution is -0.307. The van der Waals surface area contributed by atoms with E-state index in [-0.39, 0.29) is 12.0 Å². The Kier molecular flexibility index (Phi) is 3.41. The van der Waals surface area contributed by atoms with Crippen LogP contribution in [0.1, 0.15) is 15.9 Å². The second-order valence-corrected chi connectivity index (χ2v) is 3.11. The highest BCUT2D eigenvalue weighted by atomic mass is 16.4. The number of carboxylic acid groups (broad SMARTS) is 2. The Morgan fingerprint density at radius 1 is 1.20 bits per heavy atom. The van der Waals surface area contributed by atoms with Crippen molar-refractivity contribution in [2.24, 2.45) is 5.73 Å². The first kappa shape index (κ1) is 11.2. The summed E-state index contributed by atoms with van der Waals surface area (Å²) in [5.74, 6) is -2.61. The molecule has 0 spiro atoms. The van der Waals surface area contributed by atoms with Crippen LogP contribution in [0.2, 0.25) is 0 Å². The van der Waals surface area contributed by atoms with Gasteiger partial charge < -0.3 is 25.5 Å². The van der Waals surface area contributed by atoms with E-state index in [1.807, 2.05) is 0 Å². The van der Waals surface area contributed by atoms with E-state index < -0.39 is 18.0 Å². The first-order valence-corrected chi connectivity index (χ1v) is 4.27. The van der Waals surface area contributed by atoms with Crippen molar-refractivity contribution in [1.82, 2.24) is 0 Å². The molecule has 1 rings (SSSR count). The van der Waals surface area contributed by atoms with Crippen molar-refractivity contribution in [2.45, 2.75) is 12.5 Å². The molecule has 2 N–H and O–H groups in total. The van der Waals surface area contributed by atoms with Gasteiger partial charge in [0, 0.05) is 6.04 Å². The lowest BCUT2D eigenvalue weighted by atomic mass is 10.0. The van der Waals surface area contributed by atoms with E-state index in [0.717, 1.165) is 0 Å². The van der Waals surface area contributed by atoms with E-state index in [2.05, 4.69) is 0 Å². The predicted molar refractivity (Wildman–Crippen MR) is 47.5 cm³/mol. The lowest BCUT2D eigenvalue weighted by Gasteiger charge is -2.12. The minimum atomic E-state index is -1.33. The van der Waals surface area contributed by atoms with Gasteiger partial charge in [-0.2, -0.15) is 0 Å². The second kappa shape index (κ2) is 4.56. The zero-order valence-electron chi connectivity index (χ0n) is 7.80. The van der Waals surface area contributed by atoms with Crippen molar-refractivity contribution >= 4 is 11.9 Å². The van der Waals surface area contributed by atoms with Crippen molar-refractivity contribution in [3.8, 4) is 0 Å². The van der Waals surface area contributed by atoms with Gasteiger partial charge in [-0.15, -0.1) is 0 Å². The average Bonchev–Trinajstić information content (AvgIpc) is 2.18. The summed E-state index contributed by atoms with van der Waals surface area (Å²) in [6, 6.07) is 4.58. The Labute approximate surface area is 86.1 Å². The van der Waals surface area contributed by atoms with E-state index in [9.17, 15) is 19.8 Å². The summed E-state index contributed by atoms with van der Waals surface area (Å²) >= 11 is 0. The average molecular weight is 207 g/mol. The standard InChI is InChI=1S/C10H11NO4/c11-8(10(14)15)5-6-1-3-7(4-2-6)9(12)13/h1-4,8H,5,11H2,(H,12,13)(H,14,15)/p-2/t8-/m0/s1. The van der Waals surface area contributed by atoms with Gasteiger partial charge in [0.2, 0.25) is 0 Å². The van der Waals surface area contributed by atoms with Gasteiger partial charge in [-0.05, 0) is 17.5 Å². The van der Waals surface area contributed by atoms with Gasteiger partial charge >= 0.3 is 0 Å². The molecule has 0 fully saturated rings. The summed E-state index contributed by atoms with van der Waals surface area (Å²) < 4.78 is 0. The summed E-state index contributed by atoms with van der Waals surface area (Å²) in [6.45, 7) is 0. The highest BCUT2D eigenvalue weighted by Crippen LogP contribution is 2.05. The van der Waals surface area contributed by atoms with Gasteiger partial charge in [0.05, 0.1) is 11.9 Å². The van der Waals surface area contributed by atoms with Crippen molar-refractivity contribution in [1.29, 1.82) is 0 Å². The molecule has 0 aromatic heterocycles. The van der Waals surface area contributed by atoms with Crippen LogP contribution < -0.4 is 15.9 Å². The third kappa shape index (κ3) is 3.07. The summed E-state index contributed by atoms with van der Waals surface area (Å²) in [7, 11) is 0. The van der Waals surface area contributed by atoms with Crippen LogP contribution in [-0.4, -0.2) is 18.0 Å². The smallest absolute Gasteiger partial charge is 0.0715 e. The summed E-state index contributed by atoms with van der Waals surface area (Å²) in [5, 5.41) is 20.7. The van der Waals surface area contributed by atoms with E-state index in [4.69, 9.17) is 5.73 Å². The maximum atomic E-state index is 10.4. The fourth-order valence-corrected chi connectivity index (χ4v) is 1.11. The molecule has 0 bridgehead atoms. The SMILES string of the molecule is N[C@@H](Cc1ccc(C(=O)[O-])cc1)C(=O)[O-]. The van der Waals surface area contributed by atoms with Crippen LogP contribution in [0.3, 0.4) is 0 Å². The molecule has 1 aromatic rings. The third-order valence-corrected chi connectivity index (χ3v) is 1.95. The second-order valence-electron chi connectivity index (χ2n) is 3.11. The molecular weight excluding hydrogens is 198 g/mol. The van der Waals surface area contributed by atoms with Gasteiger partial charge in [0.25, 0.3) is 0 Å². The van der Waals surface area contributed by atoms with Crippen LogP contribution in [0.15, 0.2) is 24.3 Å². The number of carbonyl (C=O) groups excluding carboxylic acids is 2. The van der Waals surface area contributed by atoms with E-state index in [0.29, 0.717) is 5.56 Å². The largest absolute Gasteiger partial charge is 0.548 e. The summed E-state index contributed by atoms with van der Waals surface area (Å²) in [4.78, 5) is 20.7. The molecule has 5 nitrogen and oxygen atoms in total. The molecule has 0 amide bonds. The number of carbonyl (C=O) groups is 2. The summed E-state index contributed by atoms with van der Waals surface area (Å²) in [5.41, 5.74) is 5.93. The van der Waals surface area contributed by atoms with E-state index in [1.54, 1.807) is 0 Å². The summed E-state index contributed by atoms with van der Waals surface area (Å²) in [6.07, 6.45) is 0.107. The topological polar surface area (TPSA) is 106 Å². The van der Waals surface area contributed by atoms with Crippen molar-refractivity contribution in [3.05, 3.63) is 35.4 Å². The minimum Gasteiger partial charge on any atom is -0.548 e. The maximum absolute atomic E-state index is 10.4. The molecule has 1 aromatic carbocycles. The number of nitrogens with two attached hydrogens (primary N) is 1. The fraction of sp³-hybridized carbons (Fsp3) is 0.200. The third-order valence-electron chi connectivity index (χ3n) is 1.95. The monoisotopic (exact) mass is 207 g/mol. The van der Waals surface area contributed by atoms with Crippen LogP contribution >= 0.6 is 0 Å². The number of aromatic carboxylic acids is 1. The highest BCUT2D eigenvalue weighted by Gasteiger charge is 2.04. The van der Waals surface area contributed by atoms with Gasteiger partial charge in [0.1, 0.15) is 0 Å². The zero-order valence-corrected chi connectivity index (χ0v) is 7.80. The number of rotatable bonds is 4.